The first kappa shape index (κ1) is 19.5. The fraction of sp³-hybridized carbons (Fsp3) is 0.273. The van der Waals surface area contributed by atoms with Crippen molar-refractivity contribution in [1.29, 1.82) is 0 Å². The molecule has 0 unspecified atom stereocenters. The molecule has 2 aromatic carbocycles. The van der Waals surface area contributed by atoms with Crippen LogP contribution in [-0.2, 0) is 14.3 Å². The molecule has 150 valence electrons. The summed E-state index contributed by atoms with van der Waals surface area (Å²) in [6, 6.07) is 12.4. The molecule has 1 fully saturated rings. The molecule has 0 spiro atoms. The van der Waals surface area contributed by atoms with Crippen LogP contribution in [0.2, 0.25) is 5.02 Å². The Hall–Kier alpha value is -2.83. The number of hydrogen-bond acceptors (Lipinski definition) is 5. The number of anilines is 1. The first-order valence-electron chi connectivity index (χ1n) is 9.38. The molecule has 0 radical (unpaired) electrons. The number of nitrogens with zero attached hydrogens (tertiary/aromatic N) is 2. The van der Waals surface area contributed by atoms with Gasteiger partial charge in [-0.25, -0.2) is 4.90 Å². The van der Waals surface area contributed by atoms with Crippen LogP contribution in [0.5, 0.6) is 5.75 Å². The van der Waals surface area contributed by atoms with Gasteiger partial charge >= 0.3 is 0 Å². The molecular weight excluding hydrogens is 392 g/mol. The Morgan fingerprint density at radius 3 is 2.45 bits per heavy atom. The van der Waals surface area contributed by atoms with Crippen LogP contribution in [0.25, 0.3) is 5.57 Å². The zero-order valence-corrected chi connectivity index (χ0v) is 17.0. The highest BCUT2D eigenvalue weighted by Crippen LogP contribution is 2.39. The van der Waals surface area contributed by atoms with Crippen LogP contribution in [0.1, 0.15) is 11.1 Å². The second-order valence-electron chi connectivity index (χ2n) is 6.90. The number of carbonyl (C=O) groups is 2. The minimum atomic E-state index is -0.369. The first-order chi connectivity index (χ1) is 14.0. The van der Waals surface area contributed by atoms with Gasteiger partial charge in [-0.2, -0.15) is 0 Å². The molecule has 0 aliphatic carbocycles. The van der Waals surface area contributed by atoms with E-state index >= 15 is 0 Å². The Balaban J connectivity index is 1.88. The van der Waals surface area contributed by atoms with Crippen molar-refractivity contribution in [2.24, 2.45) is 0 Å². The van der Waals surface area contributed by atoms with Crippen molar-refractivity contribution in [2.75, 3.05) is 38.3 Å². The van der Waals surface area contributed by atoms with E-state index in [1.807, 2.05) is 24.0 Å². The second-order valence-corrected chi connectivity index (χ2v) is 7.34. The molecule has 2 heterocycles. The van der Waals surface area contributed by atoms with Gasteiger partial charge in [-0.15, -0.1) is 0 Å². The number of methoxy groups -OCH3 is 1. The van der Waals surface area contributed by atoms with E-state index in [2.05, 4.69) is 0 Å². The number of para-hydroxylation sites is 1. The zero-order chi connectivity index (χ0) is 20.5. The minimum absolute atomic E-state index is 0.344. The van der Waals surface area contributed by atoms with Crippen molar-refractivity contribution >= 4 is 34.7 Å². The van der Waals surface area contributed by atoms with Crippen molar-refractivity contribution in [3.05, 3.63) is 64.3 Å². The van der Waals surface area contributed by atoms with Crippen LogP contribution in [0.15, 0.2) is 48.2 Å². The fourth-order valence-corrected chi connectivity index (χ4v) is 4.01. The average Bonchev–Trinajstić information content (AvgIpc) is 2.99. The molecule has 6 nitrogen and oxygen atoms in total. The van der Waals surface area contributed by atoms with Crippen LogP contribution in [0, 0.1) is 6.92 Å². The minimum Gasteiger partial charge on any atom is -0.496 e. The standard InChI is InChI=1S/C22H21ClN2O4/c1-14-13-15(23)7-8-17(14)25-21(26)19(16-5-3-4-6-18(16)28-2)20(22(25)27)24-9-11-29-12-10-24/h3-8,13H,9-12H2,1-2H3. The van der Waals surface area contributed by atoms with E-state index in [4.69, 9.17) is 21.1 Å². The maximum atomic E-state index is 13.6. The number of hydrogen-bond donors (Lipinski definition) is 0. The third kappa shape index (κ3) is 3.39. The molecule has 2 aromatic rings. The highest BCUT2D eigenvalue weighted by atomic mass is 35.5. The van der Waals surface area contributed by atoms with Gasteiger partial charge in [-0.3, -0.25) is 9.59 Å². The van der Waals surface area contributed by atoms with E-state index in [0.717, 1.165) is 5.56 Å². The van der Waals surface area contributed by atoms with Gasteiger partial charge in [0.2, 0.25) is 0 Å². The molecule has 0 bridgehead atoms. The van der Waals surface area contributed by atoms with Gasteiger partial charge in [0.25, 0.3) is 11.8 Å². The maximum absolute atomic E-state index is 13.6. The van der Waals surface area contributed by atoms with Crippen molar-refractivity contribution in [1.82, 2.24) is 4.90 Å². The summed E-state index contributed by atoms with van der Waals surface area (Å²) in [5, 5.41) is 0.552. The average molecular weight is 413 g/mol. The summed E-state index contributed by atoms with van der Waals surface area (Å²) >= 11 is 6.07. The van der Waals surface area contributed by atoms with E-state index in [1.54, 1.807) is 37.4 Å². The van der Waals surface area contributed by atoms with E-state index in [-0.39, 0.29) is 11.8 Å². The number of imide groups is 1. The van der Waals surface area contributed by atoms with Crippen molar-refractivity contribution in [3.63, 3.8) is 0 Å². The summed E-state index contributed by atoms with van der Waals surface area (Å²) in [5.41, 5.74) is 2.62. The molecular formula is C22H21ClN2O4. The summed E-state index contributed by atoms with van der Waals surface area (Å²) in [4.78, 5) is 30.3. The van der Waals surface area contributed by atoms with Crippen molar-refractivity contribution in [3.8, 4) is 5.75 Å². The van der Waals surface area contributed by atoms with Crippen molar-refractivity contribution < 1.29 is 19.1 Å². The van der Waals surface area contributed by atoms with Gasteiger partial charge in [-0.05, 0) is 36.8 Å². The summed E-state index contributed by atoms with van der Waals surface area (Å²) in [7, 11) is 1.55. The van der Waals surface area contributed by atoms with E-state index in [9.17, 15) is 9.59 Å². The molecule has 4 rings (SSSR count). The van der Waals surface area contributed by atoms with Gasteiger partial charge in [0.1, 0.15) is 11.4 Å². The molecule has 29 heavy (non-hydrogen) atoms. The van der Waals surface area contributed by atoms with Gasteiger partial charge in [-0.1, -0.05) is 29.8 Å². The molecule has 0 saturated carbocycles. The quantitative estimate of drug-likeness (QED) is 0.721. The number of rotatable bonds is 4. The zero-order valence-electron chi connectivity index (χ0n) is 16.3. The summed E-state index contributed by atoms with van der Waals surface area (Å²) in [6.45, 7) is 3.92. The number of morpholine rings is 1. The van der Waals surface area contributed by atoms with Gasteiger partial charge in [0.05, 0.1) is 31.6 Å². The summed E-state index contributed by atoms with van der Waals surface area (Å²) in [6.07, 6.45) is 0. The summed E-state index contributed by atoms with van der Waals surface area (Å²) in [5.74, 6) is -0.168. The van der Waals surface area contributed by atoms with E-state index in [1.165, 1.54) is 4.90 Å². The number of amides is 2. The Kier molecular flexibility index (Phi) is 5.30. The number of benzene rings is 2. The van der Waals surface area contributed by atoms with Crippen molar-refractivity contribution in [2.45, 2.75) is 6.92 Å². The Morgan fingerprint density at radius 1 is 1.03 bits per heavy atom. The largest absolute Gasteiger partial charge is 0.496 e. The van der Waals surface area contributed by atoms with Gasteiger partial charge < -0.3 is 14.4 Å². The Bertz CT molecular complexity index is 1010. The molecule has 2 aliphatic heterocycles. The van der Waals surface area contributed by atoms with Crippen LogP contribution in [0.4, 0.5) is 5.69 Å². The predicted molar refractivity (Wildman–Crippen MR) is 111 cm³/mol. The van der Waals surface area contributed by atoms with Crippen LogP contribution in [0.3, 0.4) is 0 Å². The number of aryl methyl sites for hydroxylation is 1. The molecule has 0 aromatic heterocycles. The van der Waals surface area contributed by atoms with Crippen LogP contribution < -0.4 is 9.64 Å². The fourth-order valence-electron chi connectivity index (χ4n) is 3.78. The lowest BCUT2D eigenvalue weighted by Gasteiger charge is -2.29. The molecule has 2 amide bonds. The normalized spacial score (nSPS) is 17.3. The predicted octanol–water partition coefficient (Wildman–Crippen LogP) is 3.27. The number of carbonyl (C=O) groups excluding carboxylic acids is 2. The van der Waals surface area contributed by atoms with Gasteiger partial charge in [0, 0.05) is 23.7 Å². The highest BCUT2D eigenvalue weighted by molar-refractivity contribution is 6.46. The summed E-state index contributed by atoms with van der Waals surface area (Å²) < 4.78 is 10.9. The number of ether oxygens (including phenoxy) is 2. The maximum Gasteiger partial charge on any atom is 0.282 e. The molecule has 7 heteroatoms. The topological polar surface area (TPSA) is 59.1 Å². The van der Waals surface area contributed by atoms with E-state index < -0.39 is 0 Å². The molecule has 0 atom stereocenters. The Morgan fingerprint density at radius 2 is 1.76 bits per heavy atom. The SMILES string of the molecule is COc1ccccc1C1=C(N2CCOCC2)C(=O)N(c2ccc(Cl)cc2C)C1=O. The first-order valence-corrected chi connectivity index (χ1v) is 9.76. The third-order valence-corrected chi connectivity index (χ3v) is 5.40. The number of halogens is 1. The highest BCUT2D eigenvalue weighted by Gasteiger charge is 2.44. The lowest BCUT2D eigenvalue weighted by atomic mass is 10.0. The smallest absolute Gasteiger partial charge is 0.282 e. The second kappa shape index (κ2) is 7.89. The molecule has 1 saturated heterocycles. The Labute approximate surface area is 174 Å². The third-order valence-electron chi connectivity index (χ3n) is 5.16. The molecule has 2 aliphatic rings. The lowest BCUT2D eigenvalue weighted by Crippen LogP contribution is -2.40. The van der Waals surface area contributed by atoms with Crippen LogP contribution >= 0.6 is 11.6 Å². The van der Waals surface area contributed by atoms with Gasteiger partial charge in [0.15, 0.2) is 0 Å². The molecule has 0 N–H and O–H groups in total. The van der Waals surface area contributed by atoms with Crippen LogP contribution in [-0.4, -0.2) is 50.1 Å². The monoisotopic (exact) mass is 412 g/mol. The van der Waals surface area contributed by atoms with E-state index in [0.29, 0.717) is 59.6 Å². The lowest BCUT2D eigenvalue weighted by molar-refractivity contribution is -0.121.